The quantitative estimate of drug-likeness (QED) is 0.781. The molecule has 0 bridgehead atoms. The number of hydrogen-bond donors (Lipinski definition) is 2. The molecule has 2 rings (SSSR count). The molecule has 1 heterocycles. The molecule has 24 heavy (non-hydrogen) atoms. The number of para-hydroxylation sites is 2. The lowest BCUT2D eigenvalue weighted by Gasteiger charge is -2.27. The lowest BCUT2D eigenvalue weighted by atomic mass is 9.95. The minimum atomic E-state index is -0.0808. The zero-order chi connectivity index (χ0) is 17.6. The number of rotatable bonds is 8. The number of aromatic nitrogens is 2. The highest BCUT2D eigenvalue weighted by Crippen LogP contribution is 2.14. The van der Waals surface area contributed by atoms with Gasteiger partial charge in [-0.1, -0.05) is 26.0 Å². The molecule has 132 valence electrons. The molecule has 0 fully saturated rings. The van der Waals surface area contributed by atoms with Crippen molar-refractivity contribution in [2.24, 2.45) is 5.41 Å². The van der Waals surface area contributed by atoms with Gasteiger partial charge in [-0.3, -0.25) is 0 Å². The number of nitrogens with one attached hydrogen (secondary N) is 2. The summed E-state index contributed by atoms with van der Waals surface area (Å²) in [6.07, 6.45) is 0.706. The highest BCUT2D eigenvalue weighted by atomic mass is 16.5. The molecule has 2 aromatic rings. The Hall–Kier alpha value is -2.08. The van der Waals surface area contributed by atoms with Gasteiger partial charge < -0.3 is 19.9 Å². The van der Waals surface area contributed by atoms with Crippen molar-refractivity contribution in [1.82, 2.24) is 20.2 Å². The van der Waals surface area contributed by atoms with E-state index in [9.17, 15) is 4.79 Å². The highest BCUT2D eigenvalue weighted by molar-refractivity contribution is 5.75. The van der Waals surface area contributed by atoms with Crippen molar-refractivity contribution >= 4 is 17.1 Å². The molecule has 0 saturated heterocycles. The maximum absolute atomic E-state index is 12.4. The van der Waals surface area contributed by atoms with Crippen molar-refractivity contribution < 1.29 is 9.53 Å². The second kappa shape index (κ2) is 8.15. The number of amides is 2. The molecule has 0 aliphatic rings. The molecule has 0 radical (unpaired) electrons. The second-order valence-electron chi connectivity index (χ2n) is 6.79. The molecule has 6 nitrogen and oxygen atoms in total. The van der Waals surface area contributed by atoms with E-state index < -0.39 is 0 Å². The number of carbonyl (C=O) groups excluding carboxylic acids is 1. The van der Waals surface area contributed by atoms with Crippen LogP contribution in [0.1, 0.15) is 26.6 Å². The molecular formula is C18H28N4O2. The fraction of sp³-hybridized carbons (Fsp3) is 0.556. The Bertz CT molecular complexity index is 633. The van der Waals surface area contributed by atoms with Crippen LogP contribution in [0.5, 0.6) is 0 Å². The van der Waals surface area contributed by atoms with E-state index in [1.165, 1.54) is 0 Å². The fourth-order valence-corrected chi connectivity index (χ4v) is 2.64. The smallest absolute Gasteiger partial charge is 0.317 e. The van der Waals surface area contributed by atoms with Gasteiger partial charge in [-0.25, -0.2) is 9.78 Å². The van der Waals surface area contributed by atoms with Crippen LogP contribution in [0.4, 0.5) is 4.79 Å². The third-order valence-electron chi connectivity index (χ3n) is 3.98. The third kappa shape index (κ3) is 4.96. The Morgan fingerprint density at radius 1 is 1.38 bits per heavy atom. The number of H-pyrrole nitrogens is 1. The first kappa shape index (κ1) is 18.3. The van der Waals surface area contributed by atoms with Gasteiger partial charge in [0, 0.05) is 38.6 Å². The van der Waals surface area contributed by atoms with Gasteiger partial charge in [0.05, 0.1) is 17.6 Å². The number of aromatic amines is 1. The summed E-state index contributed by atoms with van der Waals surface area (Å²) in [6, 6.07) is 7.90. The number of benzene rings is 1. The highest BCUT2D eigenvalue weighted by Gasteiger charge is 2.20. The second-order valence-corrected chi connectivity index (χ2v) is 6.79. The summed E-state index contributed by atoms with van der Waals surface area (Å²) in [4.78, 5) is 22.0. The Morgan fingerprint density at radius 3 is 2.79 bits per heavy atom. The summed E-state index contributed by atoms with van der Waals surface area (Å²) < 4.78 is 5.18. The van der Waals surface area contributed by atoms with Crippen LogP contribution < -0.4 is 5.32 Å². The van der Waals surface area contributed by atoms with Crippen molar-refractivity contribution in [2.45, 2.75) is 27.2 Å². The zero-order valence-corrected chi connectivity index (χ0v) is 15.1. The molecule has 0 spiro atoms. The Kier molecular flexibility index (Phi) is 6.20. The predicted molar refractivity (Wildman–Crippen MR) is 96.1 cm³/mol. The van der Waals surface area contributed by atoms with Crippen molar-refractivity contribution in [3.8, 4) is 0 Å². The van der Waals surface area contributed by atoms with Crippen molar-refractivity contribution in [1.29, 1.82) is 0 Å². The summed E-state index contributed by atoms with van der Waals surface area (Å²) in [7, 11) is 1.68. The molecule has 1 aromatic heterocycles. The number of ether oxygens (including phenoxy) is 1. The van der Waals surface area contributed by atoms with Crippen LogP contribution in [-0.2, 0) is 11.2 Å². The van der Waals surface area contributed by atoms with Crippen LogP contribution >= 0.6 is 0 Å². The minimum Gasteiger partial charge on any atom is -0.384 e. The summed E-state index contributed by atoms with van der Waals surface area (Å²) in [5, 5.41) is 3.00. The van der Waals surface area contributed by atoms with Crippen LogP contribution in [0, 0.1) is 5.41 Å². The number of likely N-dealkylation sites (N-methyl/N-ethyl adjacent to an activating group) is 1. The van der Waals surface area contributed by atoms with Crippen molar-refractivity contribution in [3.63, 3.8) is 0 Å². The number of nitrogens with zero attached hydrogens (tertiary/aromatic N) is 2. The van der Waals surface area contributed by atoms with E-state index in [2.05, 4.69) is 29.1 Å². The molecule has 6 heteroatoms. The van der Waals surface area contributed by atoms with Crippen LogP contribution in [0.3, 0.4) is 0 Å². The van der Waals surface area contributed by atoms with Gasteiger partial charge in [-0.05, 0) is 19.1 Å². The van der Waals surface area contributed by atoms with Crippen molar-refractivity contribution in [3.05, 3.63) is 30.1 Å². The number of urea groups is 1. The summed E-state index contributed by atoms with van der Waals surface area (Å²) in [5.41, 5.74) is 1.91. The maximum atomic E-state index is 12.4. The van der Waals surface area contributed by atoms with E-state index in [4.69, 9.17) is 4.74 Å². The fourth-order valence-electron chi connectivity index (χ4n) is 2.64. The average molecular weight is 332 g/mol. The molecule has 1 aromatic carbocycles. The van der Waals surface area contributed by atoms with E-state index in [1.54, 1.807) is 12.0 Å². The Labute approximate surface area is 143 Å². The minimum absolute atomic E-state index is 0.0437. The monoisotopic (exact) mass is 332 g/mol. The van der Waals surface area contributed by atoms with E-state index >= 15 is 0 Å². The SMILES string of the molecule is CCN(CCc1nc2ccccc2[nH]1)C(=O)NCC(C)(C)COC. The van der Waals surface area contributed by atoms with Crippen LogP contribution in [-0.4, -0.2) is 54.2 Å². The molecular weight excluding hydrogens is 304 g/mol. The van der Waals surface area contributed by atoms with E-state index in [0.717, 1.165) is 16.9 Å². The van der Waals surface area contributed by atoms with Gasteiger partial charge in [0.1, 0.15) is 5.82 Å². The van der Waals surface area contributed by atoms with Gasteiger partial charge in [-0.15, -0.1) is 0 Å². The molecule has 2 amide bonds. The van der Waals surface area contributed by atoms with E-state index in [0.29, 0.717) is 32.7 Å². The van der Waals surface area contributed by atoms with Crippen LogP contribution in [0.2, 0.25) is 0 Å². The summed E-state index contributed by atoms with van der Waals surface area (Å²) in [5.74, 6) is 0.905. The Morgan fingerprint density at radius 2 is 2.12 bits per heavy atom. The average Bonchev–Trinajstić information content (AvgIpc) is 2.96. The van der Waals surface area contributed by atoms with Crippen LogP contribution in [0.25, 0.3) is 11.0 Å². The lowest BCUT2D eigenvalue weighted by Crippen LogP contribution is -2.45. The molecule has 0 aliphatic carbocycles. The van der Waals surface area contributed by atoms with Crippen molar-refractivity contribution in [2.75, 3.05) is 33.4 Å². The number of fused-ring (bicyclic) bond motifs is 1. The molecule has 2 N–H and O–H groups in total. The summed E-state index contributed by atoms with van der Waals surface area (Å²) >= 11 is 0. The molecule has 0 unspecified atom stereocenters. The van der Waals surface area contributed by atoms with E-state index in [-0.39, 0.29) is 11.4 Å². The van der Waals surface area contributed by atoms with Gasteiger partial charge in [0.15, 0.2) is 0 Å². The normalized spacial score (nSPS) is 11.7. The molecule has 0 aliphatic heterocycles. The third-order valence-corrected chi connectivity index (χ3v) is 3.98. The van der Waals surface area contributed by atoms with Gasteiger partial charge in [0.25, 0.3) is 0 Å². The van der Waals surface area contributed by atoms with Crippen LogP contribution in [0.15, 0.2) is 24.3 Å². The Balaban J connectivity index is 1.87. The number of imidazole rings is 1. The zero-order valence-electron chi connectivity index (χ0n) is 15.1. The predicted octanol–water partition coefficient (Wildman–Crippen LogP) is 2.81. The largest absolute Gasteiger partial charge is 0.384 e. The first-order chi connectivity index (χ1) is 11.4. The molecule has 0 saturated carbocycles. The first-order valence-electron chi connectivity index (χ1n) is 8.40. The maximum Gasteiger partial charge on any atom is 0.317 e. The lowest BCUT2D eigenvalue weighted by molar-refractivity contribution is 0.103. The number of carbonyl (C=O) groups is 1. The standard InChI is InChI=1S/C18H28N4O2/c1-5-22(17(23)19-12-18(2,3)13-24-4)11-10-16-20-14-8-6-7-9-15(14)21-16/h6-9H,5,10-13H2,1-4H3,(H,19,23)(H,20,21). The number of methoxy groups -OCH3 is 1. The topological polar surface area (TPSA) is 70.2 Å². The summed E-state index contributed by atoms with van der Waals surface area (Å²) in [6.45, 7) is 8.62. The van der Waals surface area contributed by atoms with Gasteiger partial charge in [0.2, 0.25) is 0 Å². The number of hydrogen-bond acceptors (Lipinski definition) is 3. The van der Waals surface area contributed by atoms with Gasteiger partial charge in [-0.2, -0.15) is 0 Å². The first-order valence-corrected chi connectivity index (χ1v) is 8.40. The van der Waals surface area contributed by atoms with Gasteiger partial charge >= 0.3 is 6.03 Å². The molecule has 0 atom stereocenters. The van der Waals surface area contributed by atoms with E-state index in [1.807, 2.05) is 31.2 Å².